The quantitative estimate of drug-likeness (QED) is 0.630. The van der Waals surface area contributed by atoms with Crippen molar-refractivity contribution < 1.29 is 13.2 Å². The van der Waals surface area contributed by atoms with E-state index in [0.717, 1.165) is 28.6 Å². The molecule has 0 radical (unpaired) electrons. The summed E-state index contributed by atoms with van der Waals surface area (Å²) in [6.07, 6.45) is 6.39. The molecule has 0 saturated heterocycles. The molecule has 0 aliphatic rings. The van der Waals surface area contributed by atoms with Crippen LogP contribution in [0.5, 0.6) is 0 Å². The van der Waals surface area contributed by atoms with Gasteiger partial charge in [0.25, 0.3) is 0 Å². The topological polar surface area (TPSA) is 84.3 Å². The molecule has 0 aliphatic heterocycles. The summed E-state index contributed by atoms with van der Waals surface area (Å²) in [5, 5.41) is 2.85. The Morgan fingerprint density at radius 3 is 2.47 bits per heavy atom. The molecule has 3 rings (SSSR count). The third kappa shape index (κ3) is 4.88. The van der Waals surface area contributed by atoms with Crippen molar-refractivity contribution in [2.75, 3.05) is 10.6 Å². The van der Waals surface area contributed by atoms with Crippen LogP contribution >= 0.6 is 0 Å². The van der Waals surface area contributed by atoms with Crippen molar-refractivity contribution in [2.24, 2.45) is 0 Å². The van der Waals surface area contributed by atoms with Gasteiger partial charge in [0.1, 0.15) is 6.04 Å². The number of rotatable bonds is 7. The van der Waals surface area contributed by atoms with Crippen LogP contribution in [0.25, 0.3) is 5.69 Å². The van der Waals surface area contributed by atoms with E-state index in [1.165, 1.54) is 4.31 Å². The van der Waals surface area contributed by atoms with Gasteiger partial charge in [-0.25, -0.2) is 13.4 Å². The van der Waals surface area contributed by atoms with Crippen LogP contribution in [0.15, 0.2) is 61.2 Å². The van der Waals surface area contributed by atoms with E-state index in [1.807, 2.05) is 61.0 Å². The van der Waals surface area contributed by atoms with Crippen molar-refractivity contribution in [3.05, 3.63) is 77.9 Å². The molecule has 3 aromatic rings. The molecule has 2 aromatic carbocycles. The molecule has 0 bridgehead atoms. The molecule has 7 nitrogen and oxygen atoms in total. The summed E-state index contributed by atoms with van der Waals surface area (Å²) >= 11 is 0. The number of aromatic nitrogens is 2. The van der Waals surface area contributed by atoms with E-state index in [0.29, 0.717) is 12.2 Å². The maximum atomic E-state index is 12.8. The van der Waals surface area contributed by atoms with E-state index in [1.54, 1.807) is 25.5 Å². The summed E-state index contributed by atoms with van der Waals surface area (Å²) in [6.45, 7) is 5.62. The highest BCUT2D eigenvalue weighted by atomic mass is 32.2. The lowest BCUT2D eigenvalue weighted by Gasteiger charge is -2.29. The number of amides is 1. The molecule has 0 saturated carbocycles. The lowest BCUT2D eigenvalue weighted by atomic mass is 10.1. The summed E-state index contributed by atoms with van der Waals surface area (Å²) in [5.74, 6) is -0.361. The van der Waals surface area contributed by atoms with E-state index in [4.69, 9.17) is 0 Å². The maximum absolute atomic E-state index is 12.8. The van der Waals surface area contributed by atoms with Gasteiger partial charge in [-0.1, -0.05) is 24.3 Å². The van der Waals surface area contributed by atoms with Crippen molar-refractivity contribution in [1.82, 2.24) is 14.9 Å². The Bertz CT molecular complexity index is 1120. The summed E-state index contributed by atoms with van der Waals surface area (Å²) in [6, 6.07) is 12.4. The first-order valence-corrected chi connectivity index (χ1v) is 11.4. The van der Waals surface area contributed by atoms with Crippen molar-refractivity contribution in [2.45, 2.75) is 33.4 Å². The molecule has 1 heterocycles. The number of hydrogen-bond donors (Lipinski definition) is 1. The van der Waals surface area contributed by atoms with Crippen LogP contribution in [0.2, 0.25) is 0 Å². The standard InChI is InChI=1S/C22H26N4O3S/c1-16-5-6-17(2)21(13-16)26(30(4,28)29)18(3)22(27)24-14-19-7-9-20(10-8-19)25-12-11-23-15-25/h5-13,15,18H,14H2,1-4H3,(H,24,27)/t18-/m1/s1. The highest BCUT2D eigenvalue weighted by molar-refractivity contribution is 7.92. The highest BCUT2D eigenvalue weighted by Gasteiger charge is 2.30. The number of nitrogens with one attached hydrogen (secondary N) is 1. The highest BCUT2D eigenvalue weighted by Crippen LogP contribution is 2.26. The molecule has 0 fully saturated rings. The predicted molar refractivity (Wildman–Crippen MR) is 118 cm³/mol. The zero-order chi connectivity index (χ0) is 21.9. The summed E-state index contributed by atoms with van der Waals surface area (Å²) in [5.41, 5.74) is 4.12. The van der Waals surface area contributed by atoms with Crippen LogP contribution in [-0.4, -0.2) is 36.2 Å². The lowest BCUT2D eigenvalue weighted by Crippen LogP contribution is -2.48. The Labute approximate surface area is 177 Å². The number of benzene rings is 2. The first kappa shape index (κ1) is 21.6. The van der Waals surface area contributed by atoms with Gasteiger partial charge in [0.2, 0.25) is 15.9 Å². The molecule has 1 atom stereocenters. The van der Waals surface area contributed by atoms with E-state index in [2.05, 4.69) is 10.3 Å². The first-order chi connectivity index (χ1) is 14.2. The fourth-order valence-electron chi connectivity index (χ4n) is 3.27. The Balaban J connectivity index is 1.73. The van der Waals surface area contributed by atoms with E-state index in [9.17, 15) is 13.2 Å². The molecule has 1 amide bonds. The summed E-state index contributed by atoms with van der Waals surface area (Å²) in [4.78, 5) is 16.8. The second-order valence-corrected chi connectivity index (χ2v) is 9.24. The van der Waals surface area contributed by atoms with Crippen molar-refractivity contribution >= 4 is 21.6 Å². The number of hydrogen-bond acceptors (Lipinski definition) is 4. The SMILES string of the molecule is Cc1ccc(C)c(N([C@H](C)C(=O)NCc2ccc(-n3ccnc3)cc2)S(C)(=O)=O)c1. The van der Waals surface area contributed by atoms with E-state index >= 15 is 0 Å². The van der Waals surface area contributed by atoms with Crippen molar-refractivity contribution in [1.29, 1.82) is 0 Å². The second kappa shape index (κ2) is 8.71. The Hall–Kier alpha value is -3.13. The molecule has 158 valence electrons. The first-order valence-electron chi connectivity index (χ1n) is 9.58. The Morgan fingerprint density at radius 1 is 1.17 bits per heavy atom. The van der Waals surface area contributed by atoms with Crippen molar-refractivity contribution in [3.8, 4) is 5.69 Å². The minimum absolute atomic E-state index is 0.303. The van der Waals surface area contributed by atoms with Crippen LogP contribution in [0.1, 0.15) is 23.6 Å². The summed E-state index contributed by atoms with van der Waals surface area (Å²) in [7, 11) is -3.65. The number of carbonyl (C=O) groups is 1. The smallest absolute Gasteiger partial charge is 0.243 e. The van der Waals surface area contributed by atoms with Gasteiger partial charge in [-0.2, -0.15) is 0 Å². The summed E-state index contributed by atoms with van der Waals surface area (Å²) < 4.78 is 28.1. The maximum Gasteiger partial charge on any atom is 0.243 e. The van der Waals surface area contributed by atoms with Gasteiger partial charge in [-0.05, 0) is 55.7 Å². The van der Waals surface area contributed by atoms with Gasteiger partial charge in [-0.15, -0.1) is 0 Å². The Kier molecular flexibility index (Phi) is 6.26. The molecule has 0 aliphatic carbocycles. The normalized spacial score (nSPS) is 12.4. The lowest BCUT2D eigenvalue weighted by molar-refractivity contribution is -0.122. The van der Waals surface area contributed by atoms with Gasteiger partial charge >= 0.3 is 0 Å². The number of carbonyl (C=O) groups excluding carboxylic acids is 1. The van der Waals surface area contributed by atoms with Crippen LogP contribution in [0.4, 0.5) is 5.69 Å². The van der Waals surface area contributed by atoms with E-state index in [-0.39, 0.29) is 5.91 Å². The van der Waals surface area contributed by atoms with Crippen LogP contribution in [-0.2, 0) is 21.4 Å². The molecule has 0 unspecified atom stereocenters. The zero-order valence-corrected chi connectivity index (χ0v) is 18.3. The molecule has 0 spiro atoms. The van der Waals surface area contributed by atoms with Gasteiger partial charge in [0, 0.05) is 24.6 Å². The van der Waals surface area contributed by atoms with Gasteiger partial charge in [0.05, 0.1) is 18.3 Å². The number of imidazole rings is 1. The molecule has 8 heteroatoms. The van der Waals surface area contributed by atoms with Crippen molar-refractivity contribution in [3.63, 3.8) is 0 Å². The number of anilines is 1. The number of aryl methyl sites for hydroxylation is 2. The number of nitrogens with zero attached hydrogens (tertiary/aromatic N) is 3. The zero-order valence-electron chi connectivity index (χ0n) is 17.5. The largest absolute Gasteiger partial charge is 0.350 e. The van der Waals surface area contributed by atoms with Gasteiger partial charge in [-0.3, -0.25) is 9.10 Å². The third-order valence-corrected chi connectivity index (χ3v) is 6.12. The molecular weight excluding hydrogens is 400 g/mol. The fraction of sp³-hybridized carbons (Fsp3) is 0.273. The molecular formula is C22H26N4O3S. The second-order valence-electron chi connectivity index (χ2n) is 7.38. The van der Waals surface area contributed by atoms with Crippen LogP contribution < -0.4 is 9.62 Å². The van der Waals surface area contributed by atoms with Crippen LogP contribution in [0, 0.1) is 13.8 Å². The van der Waals surface area contributed by atoms with E-state index < -0.39 is 16.1 Å². The molecule has 1 N–H and O–H groups in total. The molecule has 30 heavy (non-hydrogen) atoms. The minimum Gasteiger partial charge on any atom is -0.350 e. The number of sulfonamides is 1. The van der Waals surface area contributed by atoms with Gasteiger partial charge < -0.3 is 9.88 Å². The Morgan fingerprint density at radius 2 is 1.87 bits per heavy atom. The van der Waals surface area contributed by atoms with Gasteiger partial charge in [0.15, 0.2) is 0 Å². The average molecular weight is 427 g/mol. The fourth-order valence-corrected chi connectivity index (χ4v) is 4.50. The minimum atomic E-state index is -3.65. The monoisotopic (exact) mass is 426 g/mol. The van der Waals surface area contributed by atoms with Crippen LogP contribution in [0.3, 0.4) is 0 Å². The molecule has 1 aromatic heterocycles. The predicted octanol–water partition coefficient (Wildman–Crippen LogP) is 2.96. The average Bonchev–Trinajstić information content (AvgIpc) is 3.23. The third-order valence-electron chi connectivity index (χ3n) is 4.90.